The number of benzene rings is 2. The van der Waals surface area contributed by atoms with E-state index in [1.165, 1.54) is 30.3 Å². The number of nitrogens with one attached hydrogen (secondary N) is 1. The topological polar surface area (TPSA) is 98.2 Å². The first kappa shape index (κ1) is 25.4. The molecule has 0 atom stereocenters. The number of hydrogen-bond donors (Lipinski definition) is 2. The first-order valence-electron chi connectivity index (χ1n) is 10.1. The molecule has 0 aliphatic rings. The third-order valence-corrected chi connectivity index (χ3v) is 5.87. The maximum absolute atomic E-state index is 13.3. The number of nitrogens with two attached hydrogens (primary N) is 1. The number of alkyl halides is 3. The molecule has 0 unspecified atom stereocenters. The van der Waals surface area contributed by atoms with Gasteiger partial charge in [-0.15, -0.1) is 0 Å². The zero-order valence-corrected chi connectivity index (χ0v) is 18.6. The van der Waals surface area contributed by atoms with Gasteiger partial charge in [0.15, 0.2) is 0 Å². The molecule has 6 nitrogen and oxygen atoms in total. The lowest BCUT2D eigenvalue weighted by Gasteiger charge is -2.09. The van der Waals surface area contributed by atoms with Gasteiger partial charge < -0.3 is 15.5 Å². The van der Waals surface area contributed by atoms with Crippen molar-refractivity contribution in [3.05, 3.63) is 60.2 Å². The predicted octanol–water partition coefficient (Wildman–Crippen LogP) is 5.37. The van der Waals surface area contributed by atoms with Gasteiger partial charge in [0, 0.05) is 12.1 Å². The number of rotatable bonds is 7. The number of hydrogen-bond acceptors (Lipinski definition) is 6. The highest BCUT2D eigenvalue weighted by atomic mass is 32.2. The molecule has 32 heavy (non-hydrogen) atoms. The fraction of sp³-hybridized carbons (Fsp3) is 0.318. The van der Waals surface area contributed by atoms with Crippen molar-refractivity contribution in [2.45, 2.75) is 42.8 Å². The van der Waals surface area contributed by atoms with Crippen LogP contribution in [-0.2, 0) is 16.0 Å². The van der Waals surface area contributed by atoms with Crippen molar-refractivity contribution in [3.8, 4) is 11.5 Å². The molecule has 3 N–H and O–H groups in total. The van der Waals surface area contributed by atoms with E-state index in [0.29, 0.717) is 13.0 Å². The summed E-state index contributed by atoms with van der Waals surface area (Å²) in [7, 11) is -4.08. The van der Waals surface area contributed by atoms with Gasteiger partial charge in [0.2, 0.25) is 26.6 Å². The summed E-state index contributed by atoms with van der Waals surface area (Å²) in [4.78, 5) is 3.91. The standard InChI is InChI=1S/C19H17F3N2O3S.C3H9N/c1-2-12-23-17-18(28(25,26)13-8-4-3-5-9-13)24-16(27-17)14-10-6-7-11-15(14)19(20,21)22;1-2-3-4/h3-11,23H,2,12H2,1H3;2-4H2,1H3. The Morgan fingerprint density at radius 2 is 1.59 bits per heavy atom. The minimum absolute atomic E-state index is 0.0292. The van der Waals surface area contributed by atoms with E-state index in [0.717, 1.165) is 19.0 Å². The zero-order valence-electron chi connectivity index (χ0n) is 17.8. The summed E-state index contributed by atoms with van der Waals surface area (Å²) < 4.78 is 71.4. The van der Waals surface area contributed by atoms with Crippen molar-refractivity contribution >= 4 is 15.7 Å². The Hall–Kier alpha value is -2.85. The van der Waals surface area contributed by atoms with E-state index < -0.39 is 32.5 Å². The smallest absolute Gasteiger partial charge is 0.417 e. The monoisotopic (exact) mass is 469 g/mol. The summed E-state index contributed by atoms with van der Waals surface area (Å²) in [5, 5.41) is 2.35. The fourth-order valence-corrected chi connectivity index (χ4v) is 3.88. The molecule has 1 aromatic heterocycles. The van der Waals surface area contributed by atoms with Crippen LogP contribution in [0.2, 0.25) is 0 Å². The van der Waals surface area contributed by atoms with Crippen LogP contribution in [0.5, 0.6) is 0 Å². The first-order valence-corrected chi connectivity index (χ1v) is 11.6. The molecule has 0 aliphatic heterocycles. The third-order valence-electron chi connectivity index (χ3n) is 4.19. The number of oxazole rings is 1. The van der Waals surface area contributed by atoms with Crippen LogP contribution in [0.15, 0.2) is 68.9 Å². The molecule has 0 saturated heterocycles. The molecule has 3 aromatic rings. The number of sulfone groups is 1. The SMILES string of the molecule is CCCN.CCCNc1oc(-c2ccccc2C(F)(F)F)nc1S(=O)(=O)c1ccccc1. The van der Waals surface area contributed by atoms with Gasteiger partial charge in [-0.2, -0.15) is 18.2 Å². The van der Waals surface area contributed by atoms with Crippen molar-refractivity contribution in [3.63, 3.8) is 0 Å². The van der Waals surface area contributed by atoms with Gasteiger partial charge >= 0.3 is 6.18 Å². The van der Waals surface area contributed by atoms with Crippen molar-refractivity contribution in [1.29, 1.82) is 0 Å². The van der Waals surface area contributed by atoms with Crippen LogP contribution in [0.3, 0.4) is 0 Å². The second kappa shape index (κ2) is 11.1. The van der Waals surface area contributed by atoms with Crippen molar-refractivity contribution in [2.24, 2.45) is 5.73 Å². The van der Waals surface area contributed by atoms with Crippen LogP contribution in [0.25, 0.3) is 11.5 Å². The van der Waals surface area contributed by atoms with Gasteiger partial charge in [-0.05, 0) is 43.7 Å². The molecule has 10 heteroatoms. The summed E-state index contributed by atoms with van der Waals surface area (Å²) in [6.45, 7) is 5.10. The van der Waals surface area contributed by atoms with Gasteiger partial charge in [-0.1, -0.05) is 44.2 Å². The number of halogens is 3. The summed E-state index contributed by atoms with van der Waals surface area (Å²) in [6, 6.07) is 12.3. The minimum atomic E-state index is -4.64. The van der Waals surface area contributed by atoms with Gasteiger partial charge in [0.1, 0.15) is 0 Å². The normalized spacial score (nSPS) is 11.6. The summed E-state index contributed by atoms with van der Waals surface area (Å²) >= 11 is 0. The van der Waals surface area contributed by atoms with E-state index in [1.54, 1.807) is 18.2 Å². The summed E-state index contributed by atoms with van der Waals surface area (Å²) in [5.41, 5.74) is 3.74. The Bertz CT molecular complexity index is 1100. The van der Waals surface area contributed by atoms with Crippen molar-refractivity contribution < 1.29 is 26.0 Å². The van der Waals surface area contributed by atoms with E-state index in [-0.39, 0.29) is 16.3 Å². The number of anilines is 1. The van der Waals surface area contributed by atoms with Gasteiger partial charge in [-0.25, -0.2) is 8.42 Å². The molecule has 2 aromatic carbocycles. The Labute approximate surface area is 185 Å². The van der Waals surface area contributed by atoms with Crippen LogP contribution in [-0.4, -0.2) is 26.5 Å². The highest BCUT2D eigenvalue weighted by Gasteiger charge is 2.36. The molecule has 0 spiro atoms. The van der Waals surface area contributed by atoms with Crippen LogP contribution >= 0.6 is 0 Å². The summed E-state index contributed by atoms with van der Waals surface area (Å²) in [5.74, 6) is -0.598. The molecule has 0 bridgehead atoms. The van der Waals surface area contributed by atoms with E-state index >= 15 is 0 Å². The lowest BCUT2D eigenvalue weighted by Crippen LogP contribution is -2.08. The van der Waals surface area contributed by atoms with Crippen LogP contribution in [0.4, 0.5) is 19.1 Å². The fourth-order valence-electron chi connectivity index (χ4n) is 2.58. The highest BCUT2D eigenvalue weighted by Crippen LogP contribution is 2.39. The Balaban J connectivity index is 0.000000837. The number of aromatic nitrogens is 1. The van der Waals surface area contributed by atoms with E-state index in [2.05, 4.69) is 17.2 Å². The largest absolute Gasteiger partial charge is 0.419 e. The molecule has 0 amide bonds. The van der Waals surface area contributed by atoms with Gasteiger partial charge in [-0.3, -0.25) is 0 Å². The summed E-state index contributed by atoms with van der Waals surface area (Å²) in [6.07, 6.45) is -2.89. The Morgan fingerprint density at radius 1 is 1.00 bits per heavy atom. The maximum atomic E-state index is 13.3. The zero-order chi connectivity index (χ0) is 23.8. The van der Waals surface area contributed by atoms with Gasteiger partial charge in [0.25, 0.3) is 0 Å². The molecular formula is C22H26F3N3O3S. The molecule has 174 valence electrons. The van der Waals surface area contributed by atoms with Crippen LogP contribution in [0.1, 0.15) is 32.3 Å². The van der Waals surface area contributed by atoms with E-state index in [9.17, 15) is 21.6 Å². The van der Waals surface area contributed by atoms with E-state index in [1.807, 2.05) is 6.92 Å². The first-order chi connectivity index (χ1) is 15.2. The lowest BCUT2D eigenvalue weighted by atomic mass is 10.1. The molecule has 0 fully saturated rings. The second-order valence-electron chi connectivity index (χ2n) is 6.73. The van der Waals surface area contributed by atoms with Gasteiger partial charge in [0.05, 0.1) is 10.5 Å². The van der Waals surface area contributed by atoms with E-state index in [4.69, 9.17) is 10.2 Å². The molecule has 0 saturated carbocycles. The van der Waals surface area contributed by atoms with Crippen molar-refractivity contribution in [1.82, 2.24) is 4.98 Å². The number of nitrogens with zero attached hydrogens (tertiary/aromatic N) is 1. The third kappa shape index (κ3) is 6.10. The highest BCUT2D eigenvalue weighted by molar-refractivity contribution is 7.91. The maximum Gasteiger partial charge on any atom is 0.417 e. The minimum Gasteiger partial charge on any atom is -0.419 e. The second-order valence-corrected chi connectivity index (χ2v) is 8.59. The molecule has 3 rings (SSSR count). The predicted molar refractivity (Wildman–Crippen MR) is 117 cm³/mol. The average Bonchev–Trinajstić information content (AvgIpc) is 3.23. The molecule has 0 radical (unpaired) electrons. The van der Waals surface area contributed by atoms with Crippen molar-refractivity contribution in [2.75, 3.05) is 18.4 Å². The molecular weight excluding hydrogens is 443 g/mol. The lowest BCUT2D eigenvalue weighted by molar-refractivity contribution is -0.137. The Kier molecular flexibility index (Phi) is 8.85. The molecule has 1 heterocycles. The quantitative estimate of drug-likeness (QED) is 0.483. The average molecular weight is 470 g/mol. The Morgan fingerprint density at radius 3 is 2.16 bits per heavy atom. The molecule has 0 aliphatic carbocycles. The van der Waals surface area contributed by atoms with Crippen LogP contribution < -0.4 is 11.1 Å². The van der Waals surface area contributed by atoms with Crippen LogP contribution in [0, 0.1) is 0 Å².